The first-order valence-corrected chi connectivity index (χ1v) is 6.11. The molecule has 0 saturated carbocycles. The zero-order valence-corrected chi connectivity index (χ0v) is 10.8. The van der Waals surface area contributed by atoms with Crippen LogP contribution in [0.4, 0.5) is 0 Å². The van der Waals surface area contributed by atoms with Gasteiger partial charge in [-0.2, -0.15) is 0 Å². The highest BCUT2D eigenvalue weighted by atomic mass is 16.4. The van der Waals surface area contributed by atoms with Gasteiger partial charge in [0, 0.05) is 23.1 Å². The number of benzene rings is 2. The van der Waals surface area contributed by atoms with Crippen LogP contribution in [0.1, 0.15) is 5.56 Å². The van der Waals surface area contributed by atoms with Crippen LogP contribution in [-0.2, 0) is 0 Å². The van der Waals surface area contributed by atoms with Crippen molar-refractivity contribution in [1.82, 2.24) is 0 Å². The van der Waals surface area contributed by atoms with E-state index >= 15 is 0 Å². The van der Waals surface area contributed by atoms with Gasteiger partial charge in [0.15, 0.2) is 0 Å². The number of fused-ring (bicyclic) bond motifs is 1. The van der Waals surface area contributed by atoms with E-state index < -0.39 is 5.63 Å². The molecule has 0 atom stereocenters. The largest absolute Gasteiger partial charge is 0.508 e. The van der Waals surface area contributed by atoms with E-state index in [1.807, 2.05) is 6.92 Å². The van der Waals surface area contributed by atoms with Crippen molar-refractivity contribution >= 4 is 11.0 Å². The van der Waals surface area contributed by atoms with Crippen LogP contribution in [0.5, 0.6) is 11.5 Å². The van der Waals surface area contributed by atoms with Crippen molar-refractivity contribution in [3.8, 4) is 22.6 Å². The molecule has 2 aromatic carbocycles. The van der Waals surface area contributed by atoms with Crippen LogP contribution in [0.3, 0.4) is 0 Å². The van der Waals surface area contributed by atoms with E-state index in [-0.39, 0.29) is 11.5 Å². The fraction of sp³-hybridized carbons (Fsp3) is 0.0625. The van der Waals surface area contributed by atoms with Gasteiger partial charge < -0.3 is 14.6 Å². The Morgan fingerprint density at radius 2 is 1.70 bits per heavy atom. The number of phenolic OH excluding ortho intramolecular Hbond substituents is 2. The van der Waals surface area contributed by atoms with E-state index in [0.29, 0.717) is 11.1 Å². The fourth-order valence-corrected chi connectivity index (χ4v) is 2.23. The smallest absolute Gasteiger partial charge is 0.336 e. The third-order valence-corrected chi connectivity index (χ3v) is 3.25. The van der Waals surface area contributed by atoms with E-state index in [1.54, 1.807) is 30.3 Å². The molecule has 100 valence electrons. The molecule has 2 N–H and O–H groups in total. The summed E-state index contributed by atoms with van der Waals surface area (Å²) in [5, 5.41) is 20.2. The highest BCUT2D eigenvalue weighted by Crippen LogP contribution is 2.34. The third-order valence-electron chi connectivity index (χ3n) is 3.25. The van der Waals surface area contributed by atoms with Gasteiger partial charge in [-0.05, 0) is 36.2 Å². The summed E-state index contributed by atoms with van der Waals surface area (Å²) in [4.78, 5) is 11.3. The zero-order valence-electron chi connectivity index (χ0n) is 10.8. The molecular formula is C16H12O4. The van der Waals surface area contributed by atoms with Crippen molar-refractivity contribution < 1.29 is 14.6 Å². The summed E-state index contributed by atoms with van der Waals surface area (Å²) in [7, 11) is 0. The van der Waals surface area contributed by atoms with Crippen molar-refractivity contribution in [2.75, 3.05) is 0 Å². The molecule has 1 aromatic heterocycles. The first-order valence-electron chi connectivity index (χ1n) is 6.11. The number of rotatable bonds is 1. The Morgan fingerprint density at radius 3 is 2.40 bits per heavy atom. The average Bonchev–Trinajstić information content (AvgIpc) is 2.39. The molecule has 0 unspecified atom stereocenters. The summed E-state index contributed by atoms with van der Waals surface area (Å²) >= 11 is 0. The van der Waals surface area contributed by atoms with Gasteiger partial charge in [-0.15, -0.1) is 0 Å². The summed E-state index contributed by atoms with van der Waals surface area (Å²) in [5.41, 5.74) is 2.10. The lowest BCUT2D eigenvalue weighted by Crippen LogP contribution is -1.97. The molecule has 0 saturated heterocycles. The van der Waals surface area contributed by atoms with Crippen LogP contribution in [0, 0.1) is 6.92 Å². The summed E-state index contributed by atoms with van der Waals surface area (Å²) in [6, 6.07) is 11.2. The number of phenols is 2. The second kappa shape index (κ2) is 4.42. The Labute approximate surface area is 114 Å². The van der Waals surface area contributed by atoms with Crippen molar-refractivity contribution in [3.05, 3.63) is 58.4 Å². The van der Waals surface area contributed by atoms with Gasteiger partial charge in [-0.25, -0.2) is 4.79 Å². The lowest BCUT2D eigenvalue weighted by Gasteiger charge is -2.08. The molecule has 0 fully saturated rings. The molecule has 3 aromatic rings. The molecule has 0 aliphatic heterocycles. The van der Waals surface area contributed by atoms with E-state index in [4.69, 9.17) is 4.42 Å². The van der Waals surface area contributed by atoms with Gasteiger partial charge in [0.1, 0.15) is 17.1 Å². The van der Waals surface area contributed by atoms with E-state index in [1.165, 1.54) is 12.1 Å². The molecule has 0 radical (unpaired) electrons. The fourth-order valence-electron chi connectivity index (χ4n) is 2.23. The Morgan fingerprint density at radius 1 is 1.00 bits per heavy atom. The van der Waals surface area contributed by atoms with Crippen LogP contribution in [-0.4, -0.2) is 10.2 Å². The maximum atomic E-state index is 11.3. The van der Waals surface area contributed by atoms with Gasteiger partial charge >= 0.3 is 5.63 Å². The quantitative estimate of drug-likeness (QED) is 0.665. The van der Waals surface area contributed by atoms with E-state index in [2.05, 4.69) is 0 Å². The molecule has 0 aliphatic rings. The Hall–Kier alpha value is -2.75. The Kier molecular flexibility index (Phi) is 2.71. The summed E-state index contributed by atoms with van der Waals surface area (Å²) in [5.74, 6) is 0.188. The Balaban J connectivity index is 2.29. The molecule has 1 heterocycles. The lowest BCUT2D eigenvalue weighted by atomic mass is 10.0. The molecule has 4 heteroatoms. The van der Waals surface area contributed by atoms with E-state index in [0.717, 1.165) is 16.5 Å². The Bertz CT molecular complexity index is 845. The van der Waals surface area contributed by atoms with Gasteiger partial charge in [0.25, 0.3) is 0 Å². The van der Waals surface area contributed by atoms with Crippen molar-refractivity contribution in [1.29, 1.82) is 0 Å². The van der Waals surface area contributed by atoms with Crippen LogP contribution in [0.25, 0.3) is 22.1 Å². The zero-order chi connectivity index (χ0) is 14.3. The van der Waals surface area contributed by atoms with Gasteiger partial charge in [-0.1, -0.05) is 12.1 Å². The maximum Gasteiger partial charge on any atom is 0.336 e. The van der Waals surface area contributed by atoms with Gasteiger partial charge in [0.2, 0.25) is 0 Å². The second-order valence-corrected chi connectivity index (χ2v) is 4.66. The standard InChI is InChI=1S/C16H12O4/c1-9-6-16(19)20-15-8-14(18)13(7-12(9)15)10-2-4-11(17)5-3-10/h2-8,17-18H,1H3. The van der Waals surface area contributed by atoms with Crippen LogP contribution in [0.15, 0.2) is 51.7 Å². The average molecular weight is 268 g/mol. The lowest BCUT2D eigenvalue weighted by molar-refractivity contribution is 0.473. The minimum absolute atomic E-state index is 0.0249. The normalized spacial score (nSPS) is 10.8. The summed E-state index contributed by atoms with van der Waals surface area (Å²) < 4.78 is 5.08. The summed E-state index contributed by atoms with van der Waals surface area (Å²) in [6.45, 7) is 1.82. The monoisotopic (exact) mass is 268 g/mol. The molecule has 0 aliphatic carbocycles. The van der Waals surface area contributed by atoms with E-state index in [9.17, 15) is 15.0 Å². The van der Waals surface area contributed by atoms with Crippen molar-refractivity contribution in [3.63, 3.8) is 0 Å². The number of aromatic hydroxyl groups is 2. The number of hydrogen-bond acceptors (Lipinski definition) is 4. The molecule has 0 spiro atoms. The van der Waals surface area contributed by atoms with Crippen LogP contribution in [0.2, 0.25) is 0 Å². The molecule has 4 nitrogen and oxygen atoms in total. The first-order chi connectivity index (χ1) is 9.54. The topological polar surface area (TPSA) is 70.7 Å². The SMILES string of the molecule is Cc1cc(=O)oc2cc(O)c(-c3ccc(O)cc3)cc12. The molecule has 3 rings (SSSR count). The van der Waals surface area contributed by atoms with Gasteiger partial charge in [0.05, 0.1) is 0 Å². The minimum atomic E-state index is -0.438. The third kappa shape index (κ3) is 2.01. The highest BCUT2D eigenvalue weighted by molar-refractivity contribution is 5.88. The summed E-state index contributed by atoms with van der Waals surface area (Å²) in [6.07, 6.45) is 0. The molecule has 0 amide bonds. The van der Waals surface area contributed by atoms with Crippen molar-refractivity contribution in [2.45, 2.75) is 6.92 Å². The van der Waals surface area contributed by atoms with Crippen LogP contribution < -0.4 is 5.63 Å². The highest BCUT2D eigenvalue weighted by Gasteiger charge is 2.10. The number of aryl methyl sites for hydroxylation is 1. The van der Waals surface area contributed by atoms with Crippen molar-refractivity contribution in [2.24, 2.45) is 0 Å². The van der Waals surface area contributed by atoms with Gasteiger partial charge in [-0.3, -0.25) is 0 Å². The second-order valence-electron chi connectivity index (χ2n) is 4.66. The molecular weight excluding hydrogens is 256 g/mol. The predicted octanol–water partition coefficient (Wildman–Crippen LogP) is 3.18. The minimum Gasteiger partial charge on any atom is -0.508 e. The molecule has 0 bridgehead atoms. The maximum absolute atomic E-state index is 11.3. The predicted molar refractivity (Wildman–Crippen MR) is 76.0 cm³/mol. The first kappa shape index (κ1) is 12.3. The number of hydrogen-bond donors (Lipinski definition) is 2. The molecule has 20 heavy (non-hydrogen) atoms. The van der Waals surface area contributed by atoms with Crippen LogP contribution >= 0.6 is 0 Å².